The van der Waals surface area contributed by atoms with Crippen LogP contribution in [-0.4, -0.2) is 23.3 Å². The van der Waals surface area contributed by atoms with E-state index in [1.165, 1.54) is 0 Å². The Balaban J connectivity index is 2.71. The fraction of sp³-hybridized carbons (Fsp3) is 0.176. The Morgan fingerprint density at radius 1 is 1.24 bits per heavy atom. The monoisotopic (exact) mass is 353 g/mol. The lowest BCUT2D eigenvalue weighted by molar-refractivity contribution is -0.117. The van der Waals surface area contributed by atoms with Gasteiger partial charge in [-0.1, -0.05) is 23.9 Å². The molecule has 1 amide bonds. The molecule has 0 aliphatic heterocycles. The van der Waals surface area contributed by atoms with Crippen LogP contribution in [0.15, 0.2) is 29.3 Å². The van der Waals surface area contributed by atoms with E-state index in [1.54, 1.807) is 38.3 Å². The van der Waals surface area contributed by atoms with Crippen LogP contribution in [0.25, 0.3) is 11.1 Å². The number of rotatable bonds is 5. The number of nitrogens with two attached hydrogens (primary N) is 2. The summed E-state index contributed by atoms with van der Waals surface area (Å²) in [5, 5.41) is 18.7. The van der Waals surface area contributed by atoms with Gasteiger partial charge in [0.15, 0.2) is 0 Å². The Morgan fingerprint density at radius 3 is 2.32 bits per heavy atom. The molecule has 1 atom stereocenters. The first-order valence-electron chi connectivity index (χ1n) is 7.17. The summed E-state index contributed by atoms with van der Waals surface area (Å²) in [6.45, 7) is 1.61. The van der Waals surface area contributed by atoms with Crippen LogP contribution in [0.2, 0.25) is 0 Å². The van der Waals surface area contributed by atoms with E-state index in [2.05, 4.69) is 11.1 Å². The quantitative estimate of drug-likeness (QED) is 0.784. The van der Waals surface area contributed by atoms with Gasteiger partial charge in [0.2, 0.25) is 5.91 Å². The highest BCUT2D eigenvalue weighted by Crippen LogP contribution is 2.37. The minimum Gasteiger partial charge on any atom is -0.497 e. The first-order valence-corrected chi connectivity index (χ1v) is 8.05. The van der Waals surface area contributed by atoms with Gasteiger partial charge in [-0.2, -0.15) is 10.5 Å². The average molecular weight is 353 g/mol. The van der Waals surface area contributed by atoms with Crippen molar-refractivity contribution in [1.82, 2.24) is 4.98 Å². The third kappa shape index (κ3) is 3.65. The van der Waals surface area contributed by atoms with Crippen molar-refractivity contribution >= 4 is 23.5 Å². The molecule has 0 aliphatic carbocycles. The fourth-order valence-corrected chi connectivity index (χ4v) is 3.02. The molecule has 0 saturated heterocycles. The Hall–Kier alpha value is -3.23. The van der Waals surface area contributed by atoms with Crippen molar-refractivity contribution in [3.05, 3.63) is 35.4 Å². The van der Waals surface area contributed by atoms with Crippen LogP contribution >= 0.6 is 11.8 Å². The molecule has 7 nitrogen and oxygen atoms in total. The summed E-state index contributed by atoms with van der Waals surface area (Å²) in [7, 11) is 1.54. The molecular formula is C17H15N5O2S. The summed E-state index contributed by atoms with van der Waals surface area (Å²) < 4.78 is 5.12. The van der Waals surface area contributed by atoms with Crippen LogP contribution in [0.5, 0.6) is 5.75 Å². The molecule has 0 radical (unpaired) electrons. The Labute approximate surface area is 149 Å². The van der Waals surface area contributed by atoms with E-state index in [4.69, 9.17) is 16.2 Å². The molecule has 1 heterocycles. The number of nitriles is 2. The maximum atomic E-state index is 11.3. The first-order chi connectivity index (χ1) is 11.9. The number of benzene rings is 1. The fourth-order valence-electron chi connectivity index (χ4n) is 2.16. The van der Waals surface area contributed by atoms with Gasteiger partial charge in [-0.05, 0) is 24.6 Å². The highest BCUT2D eigenvalue weighted by molar-refractivity contribution is 8.00. The molecule has 8 heteroatoms. The third-order valence-electron chi connectivity index (χ3n) is 3.48. The number of carbonyl (C=O) groups excluding carboxylic acids is 1. The second-order valence-electron chi connectivity index (χ2n) is 5.04. The number of methoxy groups -OCH3 is 1. The van der Waals surface area contributed by atoms with Gasteiger partial charge in [0.05, 0.1) is 17.9 Å². The Morgan fingerprint density at radius 2 is 1.84 bits per heavy atom. The van der Waals surface area contributed by atoms with E-state index in [-0.39, 0.29) is 22.0 Å². The van der Waals surface area contributed by atoms with Crippen LogP contribution in [-0.2, 0) is 4.79 Å². The molecule has 0 aliphatic rings. The predicted octanol–water partition coefficient (Wildman–Crippen LogP) is 2.05. The summed E-state index contributed by atoms with van der Waals surface area (Å²) in [4.78, 5) is 15.5. The number of pyridine rings is 1. The molecule has 1 unspecified atom stereocenters. The lowest BCUT2D eigenvalue weighted by Gasteiger charge is -2.14. The zero-order valence-electron chi connectivity index (χ0n) is 13.6. The number of anilines is 1. The zero-order valence-corrected chi connectivity index (χ0v) is 14.4. The van der Waals surface area contributed by atoms with Crippen molar-refractivity contribution in [2.75, 3.05) is 12.8 Å². The van der Waals surface area contributed by atoms with Gasteiger partial charge in [0.1, 0.15) is 34.3 Å². The molecule has 1 aromatic carbocycles. The number of nitrogen functional groups attached to an aromatic ring is 1. The molecule has 25 heavy (non-hydrogen) atoms. The predicted molar refractivity (Wildman–Crippen MR) is 94.6 cm³/mol. The van der Waals surface area contributed by atoms with Crippen LogP contribution in [0.3, 0.4) is 0 Å². The molecule has 1 aromatic heterocycles. The van der Waals surface area contributed by atoms with Crippen molar-refractivity contribution in [2.45, 2.75) is 17.2 Å². The minimum atomic E-state index is -0.601. The summed E-state index contributed by atoms with van der Waals surface area (Å²) >= 11 is 1.03. The lowest BCUT2D eigenvalue weighted by atomic mass is 9.97. The van der Waals surface area contributed by atoms with Gasteiger partial charge < -0.3 is 16.2 Å². The van der Waals surface area contributed by atoms with E-state index in [1.807, 2.05) is 6.07 Å². The molecule has 2 aromatic rings. The molecule has 0 spiro atoms. The van der Waals surface area contributed by atoms with E-state index in [9.17, 15) is 15.3 Å². The van der Waals surface area contributed by atoms with Crippen molar-refractivity contribution < 1.29 is 9.53 Å². The summed E-state index contributed by atoms with van der Waals surface area (Å²) in [6, 6.07) is 10.9. The van der Waals surface area contributed by atoms with Gasteiger partial charge >= 0.3 is 0 Å². The molecular weight excluding hydrogens is 338 g/mol. The second kappa shape index (κ2) is 7.56. The van der Waals surface area contributed by atoms with Gasteiger partial charge in [0, 0.05) is 5.56 Å². The van der Waals surface area contributed by atoms with Crippen molar-refractivity contribution in [2.24, 2.45) is 5.73 Å². The number of nitrogens with zero attached hydrogens (tertiary/aromatic N) is 3. The van der Waals surface area contributed by atoms with E-state index < -0.39 is 11.2 Å². The maximum Gasteiger partial charge on any atom is 0.230 e. The Kier molecular flexibility index (Phi) is 5.48. The van der Waals surface area contributed by atoms with Crippen molar-refractivity contribution in [1.29, 1.82) is 10.5 Å². The summed E-state index contributed by atoms with van der Waals surface area (Å²) in [6.07, 6.45) is 0. The van der Waals surface area contributed by atoms with E-state index >= 15 is 0 Å². The molecule has 0 saturated carbocycles. The zero-order chi connectivity index (χ0) is 18.6. The van der Waals surface area contributed by atoms with Crippen LogP contribution in [0.4, 0.5) is 5.82 Å². The van der Waals surface area contributed by atoms with Crippen LogP contribution < -0.4 is 16.2 Å². The largest absolute Gasteiger partial charge is 0.497 e. The van der Waals surface area contributed by atoms with Gasteiger partial charge in [-0.15, -0.1) is 0 Å². The number of hydrogen-bond donors (Lipinski definition) is 2. The number of ether oxygens (including phenoxy) is 1. The van der Waals surface area contributed by atoms with E-state index in [0.717, 1.165) is 11.8 Å². The van der Waals surface area contributed by atoms with Crippen LogP contribution in [0, 0.1) is 22.7 Å². The lowest BCUT2D eigenvalue weighted by Crippen LogP contribution is -2.23. The SMILES string of the molecule is COc1ccc(-c2c(C#N)c(N)nc(SC(C)C(N)=O)c2C#N)cc1. The van der Waals surface area contributed by atoms with Crippen molar-refractivity contribution in [3.63, 3.8) is 0 Å². The number of aromatic nitrogens is 1. The topological polar surface area (TPSA) is 139 Å². The summed E-state index contributed by atoms with van der Waals surface area (Å²) in [5.74, 6) is 0.0934. The molecule has 0 fully saturated rings. The molecule has 4 N–H and O–H groups in total. The number of hydrogen-bond acceptors (Lipinski definition) is 7. The first kappa shape index (κ1) is 18.1. The standard InChI is InChI=1S/C17H15N5O2S/c1-9(16(21)23)25-17-13(8-19)14(12(7-18)15(20)22-17)10-3-5-11(24-2)6-4-10/h3-6,9H,1-2H3,(H2,20,22)(H2,21,23). The van der Waals surface area contributed by atoms with Gasteiger partial charge in [0.25, 0.3) is 0 Å². The maximum absolute atomic E-state index is 11.3. The molecule has 126 valence electrons. The molecule has 2 rings (SSSR count). The van der Waals surface area contributed by atoms with E-state index in [0.29, 0.717) is 16.9 Å². The summed E-state index contributed by atoms with van der Waals surface area (Å²) in [5.41, 5.74) is 12.5. The average Bonchev–Trinajstić information content (AvgIpc) is 2.61. The number of amides is 1. The third-order valence-corrected chi connectivity index (χ3v) is 4.59. The number of thioether (sulfide) groups is 1. The minimum absolute atomic E-state index is 0.00788. The molecule has 0 bridgehead atoms. The van der Waals surface area contributed by atoms with Gasteiger partial charge in [-0.3, -0.25) is 4.79 Å². The highest BCUT2D eigenvalue weighted by atomic mass is 32.2. The normalized spacial score (nSPS) is 11.2. The second-order valence-corrected chi connectivity index (χ2v) is 6.37. The van der Waals surface area contributed by atoms with Crippen LogP contribution in [0.1, 0.15) is 18.1 Å². The number of primary amides is 1. The van der Waals surface area contributed by atoms with Crippen molar-refractivity contribution in [3.8, 4) is 29.0 Å². The smallest absolute Gasteiger partial charge is 0.230 e. The van der Waals surface area contributed by atoms with Gasteiger partial charge in [-0.25, -0.2) is 4.98 Å². The highest BCUT2D eigenvalue weighted by Gasteiger charge is 2.23. The Bertz CT molecular complexity index is 897. The number of carbonyl (C=O) groups is 1.